The van der Waals surface area contributed by atoms with Gasteiger partial charge in [-0.05, 0) is 35.2 Å². The molecule has 2 aromatic carbocycles. The lowest BCUT2D eigenvalue weighted by Gasteiger charge is -2.15. The number of amides is 2. The maximum Gasteiger partial charge on any atom is 0.319 e. The topological polar surface area (TPSA) is 79.8 Å². The molecule has 0 unspecified atom stereocenters. The van der Waals surface area contributed by atoms with Crippen LogP contribution in [0.4, 0.5) is 10.5 Å². The molecule has 0 aliphatic carbocycles. The number of hydrogen-bond acceptors (Lipinski definition) is 4. The predicted molar refractivity (Wildman–Crippen MR) is 102 cm³/mol. The molecule has 0 aliphatic heterocycles. The van der Waals surface area contributed by atoms with Crippen LogP contribution in [0.15, 0.2) is 42.5 Å². The first-order valence-electron chi connectivity index (χ1n) is 8.59. The number of rotatable bonds is 8. The molecule has 2 amide bonds. The van der Waals surface area contributed by atoms with Gasteiger partial charge in [0.2, 0.25) is 0 Å². The summed E-state index contributed by atoms with van der Waals surface area (Å²) >= 11 is 0. The Labute approximate surface area is 154 Å². The van der Waals surface area contributed by atoms with Crippen molar-refractivity contribution in [1.29, 1.82) is 0 Å². The third-order valence-electron chi connectivity index (χ3n) is 3.86. The summed E-state index contributed by atoms with van der Waals surface area (Å²) in [5, 5.41) is 14.6. The van der Waals surface area contributed by atoms with E-state index in [9.17, 15) is 4.79 Å². The molecule has 2 rings (SSSR count). The summed E-state index contributed by atoms with van der Waals surface area (Å²) in [5.74, 6) is 1.44. The van der Waals surface area contributed by atoms with E-state index >= 15 is 0 Å². The van der Waals surface area contributed by atoms with Crippen molar-refractivity contribution >= 4 is 11.7 Å². The van der Waals surface area contributed by atoms with Crippen molar-refractivity contribution < 1.29 is 19.4 Å². The number of carbonyl (C=O) groups excluding carboxylic acids is 1. The second-order valence-corrected chi connectivity index (χ2v) is 6.11. The average Bonchev–Trinajstić information content (AvgIpc) is 2.65. The van der Waals surface area contributed by atoms with Crippen molar-refractivity contribution in [3.05, 3.63) is 53.6 Å². The third-order valence-corrected chi connectivity index (χ3v) is 3.86. The summed E-state index contributed by atoms with van der Waals surface area (Å²) in [6, 6.07) is 12.9. The Morgan fingerprint density at radius 2 is 1.92 bits per heavy atom. The van der Waals surface area contributed by atoms with Gasteiger partial charge in [0.05, 0.1) is 13.7 Å². The molecule has 0 aliphatic rings. The molecule has 0 spiro atoms. The molecule has 0 saturated heterocycles. The fourth-order valence-electron chi connectivity index (χ4n) is 2.56. The second-order valence-electron chi connectivity index (χ2n) is 6.11. The van der Waals surface area contributed by atoms with Crippen LogP contribution in [0.25, 0.3) is 0 Å². The summed E-state index contributed by atoms with van der Waals surface area (Å²) in [6.07, 6.45) is 0. The van der Waals surface area contributed by atoms with Crippen molar-refractivity contribution in [1.82, 2.24) is 5.32 Å². The van der Waals surface area contributed by atoms with Gasteiger partial charge in [0.25, 0.3) is 0 Å². The Morgan fingerprint density at radius 3 is 2.62 bits per heavy atom. The van der Waals surface area contributed by atoms with Gasteiger partial charge in [-0.1, -0.05) is 38.1 Å². The highest BCUT2D eigenvalue weighted by atomic mass is 16.5. The van der Waals surface area contributed by atoms with E-state index in [0.717, 1.165) is 16.8 Å². The lowest BCUT2D eigenvalue weighted by molar-refractivity contribution is 0.196. The summed E-state index contributed by atoms with van der Waals surface area (Å²) in [6.45, 7) is 4.67. The van der Waals surface area contributed by atoms with Crippen LogP contribution in [0, 0.1) is 0 Å². The van der Waals surface area contributed by atoms with E-state index in [4.69, 9.17) is 14.6 Å². The van der Waals surface area contributed by atoms with Gasteiger partial charge >= 0.3 is 6.03 Å². The summed E-state index contributed by atoms with van der Waals surface area (Å²) in [7, 11) is 1.55. The van der Waals surface area contributed by atoms with Crippen LogP contribution in [0.1, 0.15) is 30.9 Å². The zero-order chi connectivity index (χ0) is 18.9. The molecule has 2 aromatic rings. The van der Waals surface area contributed by atoms with Crippen LogP contribution in [-0.4, -0.2) is 31.5 Å². The number of para-hydroxylation sites is 1. The summed E-state index contributed by atoms with van der Waals surface area (Å²) < 4.78 is 10.7. The first-order chi connectivity index (χ1) is 12.5. The van der Waals surface area contributed by atoms with Crippen molar-refractivity contribution in [2.24, 2.45) is 0 Å². The van der Waals surface area contributed by atoms with Gasteiger partial charge in [0, 0.05) is 12.2 Å². The summed E-state index contributed by atoms with van der Waals surface area (Å²) in [5.41, 5.74) is 2.78. The Kier molecular flexibility index (Phi) is 7.29. The molecule has 140 valence electrons. The number of carbonyl (C=O) groups is 1. The zero-order valence-electron chi connectivity index (χ0n) is 15.4. The number of methoxy groups -OCH3 is 1. The lowest BCUT2D eigenvalue weighted by Crippen LogP contribution is -2.28. The number of nitrogens with one attached hydrogen (secondary N) is 2. The van der Waals surface area contributed by atoms with Crippen molar-refractivity contribution in [2.75, 3.05) is 25.6 Å². The fraction of sp³-hybridized carbons (Fsp3) is 0.350. The molecular formula is C20H26N2O4. The highest BCUT2D eigenvalue weighted by Crippen LogP contribution is 2.28. The van der Waals surface area contributed by atoms with Crippen molar-refractivity contribution in [2.45, 2.75) is 26.3 Å². The minimum Gasteiger partial charge on any atom is -0.493 e. The first kappa shape index (κ1) is 19.6. The minimum absolute atomic E-state index is 0.0650. The van der Waals surface area contributed by atoms with Gasteiger partial charge in [-0.25, -0.2) is 4.79 Å². The molecule has 0 heterocycles. The normalized spacial score (nSPS) is 10.5. The standard InChI is InChI=1S/C20H26N2O4/c1-14(2)16-6-4-5-7-17(16)22-20(24)21-13-15-8-9-18(26-11-10-23)19(12-15)25-3/h4-9,12,14,23H,10-11,13H2,1-3H3,(H2,21,22,24). The van der Waals surface area contributed by atoms with Gasteiger partial charge in [0.15, 0.2) is 11.5 Å². The maximum absolute atomic E-state index is 12.2. The monoisotopic (exact) mass is 358 g/mol. The average molecular weight is 358 g/mol. The number of aliphatic hydroxyl groups excluding tert-OH is 1. The molecule has 0 saturated carbocycles. The SMILES string of the molecule is COc1cc(CNC(=O)Nc2ccccc2C(C)C)ccc1OCCO. The molecule has 6 heteroatoms. The van der Waals surface area contributed by atoms with Crippen LogP contribution >= 0.6 is 0 Å². The van der Waals surface area contributed by atoms with E-state index < -0.39 is 0 Å². The Morgan fingerprint density at radius 1 is 1.15 bits per heavy atom. The van der Waals surface area contributed by atoms with E-state index in [1.165, 1.54) is 0 Å². The molecule has 6 nitrogen and oxygen atoms in total. The fourth-order valence-corrected chi connectivity index (χ4v) is 2.56. The first-order valence-corrected chi connectivity index (χ1v) is 8.59. The van der Waals surface area contributed by atoms with E-state index in [-0.39, 0.29) is 19.2 Å². The number of ether oxygens (including phenoxy) is 2. The molecule has 0 aromatic heterocycles. The van der Waals surface area contributed by atoms with Crippen molar-refractivity contribution in [3.63, 3.8) is 0 Å². The number of aliphatic hydroxyl groups is 1. The van der Waals surface area contributed by atoms with Gasteiger partial charge in [-0.15, -0.1) is 0 Å². The number of urea groups is 1. The minimum atomic E-state index is -0.266. The Hall–Kier alpha value is -2.73. The van der Waals surface area contributed by atoms with Crippen LogP contribution in [0.5, 0.6) is 11.5 Å². The molecular weight excluding hydrogens is 332 g/mol. The molecule has 0 fully saturated rings. The van der Waals surface area contributed by atoms with Crippen LogP contribution < -0.4 is 20.1 Å². The highest BCUT2D eigenvalue weighted by Gasteiger charge is 2.10. The van der Waals surface area contributed by atoms with E-state index in [0.29, 0.717) is 24.0 Å². The number of hydrogen-bond donors (Lipinski definition) is 3. The largest absolute Gasteiger partial charge is 0.493 e. The van der Waals surface area contributed by atoms with E-state index in [1.807, 2.05) is 30.3 Å². The van der Waals surface area contributed by atoms with Crippen LogP contribution in [-0.2, 0) is 6.54 Å². The van der Waals surface area contributed by atoms with Gasteiger partial charge in [-0.2, -0.15) is 0 Å². The second kappa shape index (κ2) is 9.68. The maximum atomic E-state index is 12.2. The molecule has 0 atom stereocenters. The predicted octanol–water partition coefficient (Wildman–Crippen LogP) is 3.51. The van der Waals surface area contributed by atoms with Gasteiger partial charge < -0.3 is 25.2 Å². The van der Waals surface area contributed by atoms with Crippen LogP contribution in [0.3, 0.4) is 0 Å². The number of anilines is 1. The van der Waals surface area contributed by atoms with Gasteiger partial charge in [-0.3, -0.25) is 0 Å². The summed E-state index contributed by atoms with van der Waals surface area (Å²) in [4.78, 5) is 12.2. The third kappa shape index (κ3) is 5.39. The van der Waals surface area contributed by atoms with Gasteiger partial charge in [0.1, 0.15) is 6.61 Å². The van der Waals surface area contributed by atoms with Crippen LogP contribution in [0.2, 0.25) is 0 Å². The number of benzene rings is 2. The zero-order valence-corrected chi connectivity index (χ0v) is 15.4. The Bertz CT molecular complexity index is 732. The Balaban J connectivity index is 1.97. The van der Waals surface area contributed by atoms with Crippen molar-refractivity contribution in [3.8, 4) is 11.5 Å². The molecule has 26 heavy (non-hydrogen) atoms. The highest BCUT2D eigenvalue weighted by molar-refractivity contribution is 5.90. The molecule has 0 radical (unpaired) electrons. The van der Waals surface area contributed by atoms with E-state index in [2.05, 4.69) is 24.5 Å². The molecule has 3 N–H and O–H groups in total. The smallest absolute Gasteiger partial charge is 0.319 e. The quantitative estimate of drug-likeness (QED) is 0.675. The lowest BCUT2D eigenvalue weighted by atomic mass is 10.0. The van der Waals surface area contributed by atoms with E-state index in [1.54, 1.807) is 19.2 Å². The molecule has 0 bridgehead atoms.